The van der Waals surface area contributed by atoms with Gasteiger partial charge in [-0.1, -0.05) is 35.8 Å². The van der Waals surface area contributed by atoms with Gasteiger partial charge in [0, 0.05) is 11.2 Å². The van der Waals surface area contributed by atoms with Crippen LogP contribution in [0.3, 0.4) is 0 Å². The lowest BCUT2D eigenvalue weighted by Gasteiger charge is -2.11. The van der Waals surface area contributed by atoms with Crippen molar-refractivity contribution in [1.29, 1.82) is 0 Å². The minimum Gasteiger partial charge on any atom is -0.284 e. The molecule has 0 bridgehead atoms. The van der Waals surface area contributed by atoms with Crippen molar-refractivity contribution in [3.8, 4) is 0 Å². The zero-order valence-electron chi connectivity index (χ0n) is 7.23. The molecule has 1 rings (SSSR count). The van der Waals surface area contributed by atoms with Crippen LogP contribution in [0.2, 0.25) is 0 Å². The van der Waals surface area contributed by atoms with Crippen LogP contribution in [0, 0.1) is 0 Å². The molecule has 1 aliphatic rings. The van der Waals surface area contributed by atoms with Crippen molar-refractivity contribution in [3.63, 3.8) is 0 Å². The first-order valence-corrected chi connectivity index (χ1v) is 7.83. The molecular weight excluding hydrogens is 245 g/mol. The van der Waals surface area contributed by atoms with E-state index in [1.807, 2.05) is 11.8 Å². The highest BCUT2D eigenvalue weighted by molar-refractivity contribution is 7.18. The normalized spacial score (nSPS) is 25.8. The third-order valence-electron chi connectivity index (χ3n) is 1.61. The first kappa shape index (κ1) is 11.3. The fourth-order valence-corrected chi connectivity index (χ4v) is 3.34. The summed E-state index contributed by atoms with van der Waals surface area (Å²) in [6.07, 6.45) is 2.87. The standard InChI is InChI=1S/C8H10Cl3NSi/c1-2-4-12-6-3-5-13(11)8(10)7(6)9/h3,5,13H,2,4H2,1H3. The molecule has 72 valence electrons. The number of halogens is 3. The highest BCUT2D eigenvalue weighted by Crippen LogP contribution is 2.25. The minimum absolute atomic E-state index is 0.532. The van der Waals surface area contributed by atoms with Crippen LogP contribution in [0.1, 0.15) is 13.3 Å². The predicted octanol–water partition coefficient (Wildman–Crippen LogP) is 3.14. The maximum absolute atomic E-state index is 5.98. The third-order valence-corrected chi connectivity index (χ3v) is 5.91. The van der Waals surface area contributed by atoms with Crippen LogP contribution >= 0.6 is 34.3 Å². The summed E-state index contributed by atoms with van der Waals surface area (Å²) in [6, 6.07) is 0. The van der Waals surface area contributed by atoms with Crippen LogP contribution in [-0.2, 0) is 0 Å². The van der Waals surface area contributed by atoms with Gasteiger partial charge in [-0.2, -0.15) is 11.1 Å². The summed E-state index contributed by atoms with van der Waals surface area (Å²) < 4.78 is 0.598. The maximum atomic E-state index is 5.98. The molecule has 0 spiro atoms. The zero-order chi connectivity index (χ0) is 9.84. The molecule has 1 nitrogen and oxygen atoms in total. The van der Waals surface area contributed by atoms with Gasteiger partial charge >= 0.3 is 0 Å². The Kier molecular flexibility index (Phi) is 4.53. The quantitative estimate of drug-likeness (QED) is 0.530. The van der Waals surface area contributed by atoms with Crippen molar-refractivity contribution in [1.82, 2.24) is 0 Å². The number of hydrogen-bond donors (Lipinski definition) is 0. The molecule has 0 saturated carbocycles. The van der Waals surface area contributed by atoms with Crippen LogP contribution in [0.5, 0.6) is 0 Å². The van der Waals surface area contributed by atoms with E-state index in [0.717, 1.165) is 18.7 Å². The second-order valence-corrected chi connectivity index (χ2v) is 7.02. The maximum Gasteiger partial charge on any atom is 0.209 e. The Morgan fingerprint density at radius 1 is 1.46 bits per heavy atom. The fraction of sp³-hybridized carbons (Fsp3) is 0.375. The number of rotatable bonds is 2. The smallest absolute Gasteiger partial charge is 0.209 e. The van der Waals surface area contributed by atoms with Crippen LogP contribution < -0.4 is 0 Å². The first-order valence-electron chi connectivity index (χ1n) is 4.09. The van der Waals surface area contributed by atoms with Gasteiger partial charge in [-0.05, 0) is 12.5 Å². The third kappa shape index (κ3) is 2.84. The van der Waals surface area contributed by atoms with Crippen molar-refractivity contribution in [2.45, 2.75) is 13.3 Å². The van der Waals surface area contributed by atoms with Gasteiger partial charge in [0.05, 0.1) is 10.7 Å². The molecule has 1 heterocycles. The zero-order valence-corrected chi connectivity index (χ0v) is 10.6. The first-order chi connectivity index (χ1) is 6.16. The summed E-state index contributed by atoms with van der Waals surface area (Å²) in [5.41, 5.74) is 2.68. The van der Waals surface area contributed by atoms with Gasteiger partial charge in [-0.15, -0.1) is 0 Å². The molecule has 0 aliphatic carbocycles. The summed E-state index contributed by atoms with van der Waals surface area (Å²) in [5, 5.41) is 0.532. The van der Waals surface area contributed by atoms with Gasteiger partial charge in [0.2, 0.25) is 8.11 Å². The molecule has 5 heteroatoms. The molecule has 0 aromatic carbocycles. The number of allylic oxidation sites excluding steroid dienone is 2. The molecule has 0 radical (unpaired) electrons. The summed E-state index contributed by atoms with van der Waals surface area (Å²) >= 11 is 17.9. The van der Waals surface area contributed by atoms with Gasteiger partial charge in [0.1, 0.15) is 0 Å². The number of nitrogens with zero attached hydrogens (tertiary/aromatic N) is 1. The molecular formula is C8H10Cl3NSi. The molecule has 0 aromatic heterocycles. The second kappa shape index (κ2) is 5.20. The highest BCUT2D eigenvalue weighted by Gasteiger charge is 2.19. The SMILES string of the molecule is CCCN=C1C=C[SiH](Cl)C(Cl)=C1Cl. The van der Waals surface area contributed by atoms with Crippen molar-refractivity contribution in [3.05, 3.63) is 21.5 Å². The Labute approximate surface area is 94.4 Å². The average molecular weight is 255 g/mol. The van der Waals surface area contributed by atoms with Gasteiger partial charge in [-0.3, -0.25) is 4.99 Å². The highest BCUT2D eigenvalue weighted by atomic mass is 35.6. The summed E-state index contributed by atoms with van der Waals surface area (Å²) in [6.45, 7) is 2.84. The van der Waals surface area contributed by atoms with E-state index < -0.39 is 8.11 Å². The van der Waals surface area contributed by atoms with Crippen LogP contribution in [0.4, 0.5) is 0 Å². The summed E-state index contributed by atoms with van der Waals surface area (Å²) in [4.78, 5) is 4.29. The molecule has 0 saturated heterocycles. The topological polar surface area (TPSA) is 12.4 Å². The van der Waals surface area contributed by atoms with E-state index in [4.69, 9.17) is 34.3 Å². The van der Waals surface area contributed by atoms with Gasteiger partial charge < -0.3 is 0 Å². The monoisotopic (exact) mass is 253 g/mol. The van der Waals surface area contributed by atoms with Crippen molar-refractivity contribution >= 4 is 48.1 Å². The van der Waals surface area contributed by atoms with Crippen LogP contribution in [-0.4, -0.2) is 20.4 Å². The van der Waals surface area contributed by atoms with Gasteiger partial charge in [0.25, 0.3) is 0 Å². The van der Waals surface area contributed by atoms with E-state index in [2.05, 4.69) is 11.9 Å². The summed E-state index contributed by atoms with van der Waals surface area (Å²) in [7, 11) is -1.59. The molecule has 1 atom stereocenters. The van der Waals surface area contributed by atoms with E-state index >= 15 is 0 Å². The molecule has 1 unspecified atom stereocenters. The molecule has 0 aromatic rings. The lowest BCUT2D eigenvalue weighted by molar-refractivity contribution is 0.934. The van der Waals surface area contributed by atoms with Crippen molar-refractivity contribution in [2.24, 2.45) is 4.99 Å². The van der Waals surface area contributed by atoms with Gasteiger partial charge in [-0.25, -0.2) is 0 Å². The van der Waals surface area contributed by atoms with Crippen LogP contribution in [0.15, 0.2) is 26.5 Å². The van der Waals surface area contributed by atoms with E-state index in [1.54, 1.807) is 0 Å². The number of aliphatic imine (C=N–C) groups is 1. The van der Waals surface area contributed by atoms with Crippen molar-refractivity contribution < 1.29 is 0 Å². The molecule has 0 N–H and O–H groups in total. The predicted molar refractivity (Wildman–Crippen MR) is 63.5 cm³/mol. The van der Waals surface area contributed by atoms with E-state index in [-0.39, 0.29) is 0 Å². The van der Waals surface area contributed by atoms with E-state index in [0.29, 0.717) is 9.69 Å². The molecule has 1 aliphatic heterocycles. The molecule has 0 amide bonds. The largest absolute Gasteiger partial charge is 0.284 e. The Morgan fingerprint density at radius 2 is 2.15 bits per heavy atom. The molecule has 0 fully saturated rings. The second-order valence-electron chi connectivity index (χ2n) is 2.69. The Morgan fingerprint density at radius 3 is 2.77 bits per heavy atom. The van der Waals surface area contributed by atoms with E-state index in [9.17, 15) is 0 Å². The van der Waals surface area contributed by atoms with Crippen LogP contribution in [0.25, 0.3) is 0 Å². The Hall–Kier alpha value is 0.237. The Balaban J connectivity index is 2.85. The lowest BCUT2D eigenvalue weighted by atomic mass is 10.3. The van der Waals surface area contributed by atoms with E-state index in [1.165, 1.54) is 0 Å². The lowest BCUT2D eigenvalue weighted by Crippen LogP contribution is -2.13. The average Bonchev–Trinajstić information content (AvgIpc) is 2.13. The number of hydrogen-bond acceptors (Lipinski definition) is 1. The van der Waals surface area contributed by atoms with Crippen molar-refractivity contribution in [2.75, 3.05) is 6.54 Å². The minimum atomic E-state index is -1.59. The molecule has 13 heavy (non-hydrogen) atoms. The fourth-order valence-electron chi connectivity index (χ4n) is 0.931. The Bertz CT molecular complexity index is 283. The summed E-state index contributed by atoms with van der Waals surface area (Å²) in [5.74, 6) is 0. The van der Waals surface area contributed by atoms with Gasteiger partial charge in [0.15, 0.2) is 0 Å².